The van der Waals surface area contributed by atoms with E-state index in [1.54, 1.807) is 21.7 Å². The molecular weight excluding hydrogens is 505 g/mol. The van der Waals surface area contributed by atoms with Crippen LogP contribution in [0.2, 0.25) is 0 Å². The van der Waals surface area contributed by atoms with Crippen LogP contribution in [0.1, 0.15) is 51.0 Å². The van der Waals surface area contributed by atoms with Gasteiger partial charge in [-0.2, -0.15) is 10.2 Å². The molecule has 0 radical (unpaired) electrons. The van der Waals surface area contributed by atoms with Crippen molar-refractivity contribution in [3.05, 3.63) is 59.9 Å². The van der Waals surface area contributed by atoms with Crippen LogP contribution in [0.4, 0.5) is 4.39 Å². The van der Waals surface area contributed by atoms with E-state index in [1.165, 1.54) is 6.07 Å². The van der Waals surface area contributed by atoms with Gasteiger partial charge in [0.2, 0.25) is 6.41 Å². The van der Waals surface area contributed by atoms with Crippen molar-refractivity contribution in [2.24, 2.45) is 15.9 Å². The van der Waals surface area contributed by atoms with E-state index in [4.69, 9.17) is 25.0 Å². The van der Waals surface area contributed by atoms with Crippen LogP contribution in [-0.2, 0) is 14.3 Å². The molecule has 2 aliphatic heterocycles. The molecule has 2 atom stereocenters. The molecule has 0 aromatic carbocycles. The van der Waals surface area contributed by atoms with Gasteiger partial charge in [-0.05, 0) is 57.9 Å². The van der Waals surface area contributed by atoms with Crippen molar-refractivity contribution in [3.8, 4) is 5.75 Å². The van der Waals surface area contributed by atoms with Gasteiger partial charge in [-0.15, -0.1) is 0 Å². The minimum atomic E-state index is -0.797. The molecule has 0 saturated carbocycles. The number of nitrogens with zero attached hydrogens (tertiary/aromatic N) is 6. The highest BCUT2D eigenvalue weighted by Crippen LogP contribution is 2.35. The van der Waals surface area contributed by atoms with E-state index in [0.717, 1.165) is 25.4 Å². The quantitative estimate of drug-likeness (QED) is 0.202. The minimum Gasteiger partial charge on any atom is -0.479 e. The smallest absolute Gasteiger partial charge is 0.209 e. The van der Waals surface area contributed by atoms with Crippen molar-refractivity contribution in [3.63, 3.8) is 0 Å². The first-order valence-electron chi connectivity index (χ1n) is 12.9. The molecule has 3 aromatic rings. The third kappa shape index (κ3) is 5.91. The summed E-state index contributed by atoms with van der Waals surface area (Å²) in [6.45, 7) is 7.12. The van der Waals surface area contributed by atoms with Crippen molar-refractivity contribution in [1.29, 1.82) is 0 Å². The van der Waals surface area contributed by atoms with Gasteiger partial charge >= 0.3 is 0 Å². The number of piperidine rings is 1. The Morgan fingerprint density at radius 2 is 2.10 bits per heavy atom. The number of fused-ring (bicyclic) bond motifs is 1. The number of halogens is 1. The number of pyridine rings is 2. The molecule has 2 N–H and O–H groups in total. The monoisotopic (exact) mass is 537 g/mol. The van der Waals surface area contributed by atoms with Crippen LogP contribution in [0, 0.1) is 5.82 Å². The maximum atomic E-state index is 13.7. The maximum absolute atomic E-state index is 13.7. The Balaban J connectivity index is 1.48. The van der Waals surface area contributed by atoms with Crippen LogP contribution in [0.25, 0.3) is 5.52 Å². The van der Waals surface area contributed by atoms with Gasteiger partial charge in [0.05, 0.1) is 36.4 Å². The molecule has 0 bridgehead atoms. The molecule has 2 aliphatic rings. The second-order valence-corrected chi connectivity index (χ2v) is 10.1. The lowest BCUT2D eigenvalue weighted by atomic mass is 10.0. The standard InChI is InChI=1S/C27H32FN7O4/c1-17(32-20-7-10-34(16-36)11-8-20)25(33-29)18-12-23(22-6-9-31-35(22)14-18)38-26(21-5-4-19(28)13-30-21)24-15-37-27(2,3)39-24/h4-6,9,12-14,16,20,24,26H,7-8,10-11,15,29H2,1-3H3/b32-17?,33-25+. The molecular formula is C27H32FN7O4. The van der Waals surface area contributed by atoms with E-state index in [2.05, 4.69) is 15.2 Å². The average molecular weight is 538 g/mol. The minimum absolute atomic E-state index is 0.0684. The molecule has 5 rings (SSSR count). The Bertz CT molecular complexity index is 1380. The fraction of sp³-hybridized carbons (Fsp3) is 0.444. The summed E-state index contributed by atoms with van der Waals surface area (Å²) in [5.41, 5.74) is 3.03. The summed E-state index contributed by atoms with van der Waals surface area (Å²) in [6.07, 6.45) is 5.85. The van der Waals surface area contributed by atoms with E-state index in [9.17, 15) is 9.18 Å². The first-order chi connectivity index (χ1) is 18.8. The molecule has 0 spiro atoms. The Hall–Kier alpha value is -3.90. The predicted octanol–water partition coefficient (Wildman–Crippen LogP) is 2.88. The first-order valence-corrected chi connectivity index (χ1v) is 12.9. The molecule has 2 unspecified atom stereocenters. The number of carbonyl (C=O) groups excluding carboxylic acids is 1. The number of nitrogens with two attached hydrogens (primary N) is 1. The molecule has 2 saturated heterocycles. The van der Waals surface area contributed by atoms with Crippen LogP contribution >= 0.6 is 0 Å². The lowest BCUT2D eigenvalue weighted by Gasteiger charge is -2.27. The van der Waals surface area contributed by atoms with Gasteiger partial charge in [-0.1, -0.05) is 0 Å². The summed E-state index contributed by atoms with van der Waals surface area (Å²) in [5, 5.41) is 8.46. The fourth-order valence-electron chi connectivity index (χ4n) is 4.94. The lowest BCUT2D eigenvalue weighted by Crippen LogP contribution is -2.34. The van der Waals surface area contributed by atoms with Crippen LogP contribution < -0.4 is 10.6 Å². The largest absolute Gasteiger partial charge is 0.479 e. The topological polar surface area (TPSA) is 129 Å². The van der Waals surface area contributed by atoms with E-state index in [0.29, 0.717) is 47.0 Å². The maximum Gasteiger partial charge on any atom is 0.209 e. The molecule has 1 amide bonds. The van der Waals surface area contributed by atoms with Gasteiger partial charge < -0.3 is 25.0 Å². The number of likely N-dealkylation sites (tertiary alicyclic amines) is 1. The molecule has 206 valence electrons. The zero-order valence-corrected chi connectivity index (χ0v) is 22.2. The summed E-state index contributed by atoms with van der Waals surface area (Å²) in [5.74, 6) is 5.10. The van der Waals surface area contributed by atoms with Crippen molar-refractivity contribution in [1.82, 2.24) is 19.5 Å². The van der Waals surface area contributed by atoms with Crippen molar-refractivity contribution >= 4 is 23.4 Å². The Morgan fingerprint density at radius 1 is 1.31 bits per heavy atom. The number of hydrogen-bond acceptors (Lipinski definition) is 9. The van der Waals surface area contributed by atoms with Gasteiger partial charge in [0.1, 0.15) is 28.9 Å². The van der Waals surface area contributed by atoms with Gasteiger partial charge in [0, 0.05) is 24.8 Å². The summed E-state index contributed by atoms with van der Waals surface area (Å²) < 4.78 is 33.8. The summed E-state index contributed by atoms with van der Waals surface area (Å²) >= 11 is 0. The number of rotatable bonds is 8. The van der Waals surface area contributed by atoms with E-state index in [-0.39, 0.29) is 12.6 Å². The third-order valence-electron chi connectivity index (χ3n) is 6.90. The summed E-state index contributed by atoms with van der Waals surface area (Å²) in [6, 6.07) is 6.63. The van der Waals surface area contributed by atoms with Crippen molar-refractivity contribution in [2.45, 2.75) is 57.6 Å². The predicted molar refractivity (Wildman–Crippen MR) is 142 cm³/mol. The zero-order valence-electron chi connectivity index (χ0n) is 22.2. The molecule has 2 fully saturated rings. The lowest BCUT2D eigenvalue weighted by molar-refractivity contribution is -0.149. The number of aliphatic imine (C=N–C) groups is 1. The SMILES string of the molecule is CC(=NC1CCN(C=O)CC1)/C(=N\N)c1cc(OC(c2ccc(F)cn2)C2COC(C)(C)O2)c2ccnn2c1. The Labute approximate surface area is 225 Å². The molecule has 0 aliphatic carbocycles. The van der Waals surface area contributed by atoms with Gasteiger partial charge in [-0.25, -0.2) is 8.91 Å². The summed E-state index contributed by atoms with van der Waals surface area (Å²) in [7, 11) is 0. The van der Waals surface area contributed by atoms with Crippen LogP contribution in [0.5, 0.6) is 5.75 Å². The second-order valence-electron chi connectivity index (χ2n) is 10.1. The van der Waals surface area contributed by atoms with Crippen molar-refractivity contribution in [2.75, 3.05) is 19.7 Å². The molecule has 12 heteroatoms. The number of aromatic nitrogens is 3. The number of ether oxygens (including phenoxy) is 3. The van der Waals surface area contributed by atoms with Gasteiger partial charge in [0.15, 0.2) is 11.9 Å². The Morgan fingerprint density at radius 3 is 2.74 bits per heavy atom. The second kappa shape index (κ2) is 11.1. The van der Waals surface area contributed by atoms with Gasteiger partial charge in [-0.3, -0.25) is 14.8 Å². The van der Waals surface area contributed by atoms with Crippen LogP contribution in [-0.4, -0.2) is 75.0 Å². The summed E-state index contributed by atoms with van der Waals surface area (Å²) in [4.78, 5) is 21.9. The number of carbonyl (C=O) groups is 1. The number of hydrogen-bond donors (Lipinski definition) is 1. The van der Waals surface area contributed by atoms with E-state index in [1.807, 2.05) is 39.1 Å². The molecule has 5 heterocycles. The molecule has 3 aromatic heterocycles. The van der Waals surface area contributed by atoms with E-state index < -0.39 is 23.8 Å². The fourth-order valence-corrected chi connectivity index (χ4v) is 4.94. The third-order valence-corrected chi connectivity index (χ3v) is 6.90. The normalized spacial score (nSPS) is 21.3. The van der Waals surface area contributed by atoms with Crippen molar-refractivity contribution < 1.29 is 23.4 Å². The molecule has 39 heavy (non-hydrogen) atoms. The first kappa shape index (κ1) is 26.7. The molecule has 11 nitrogen and oxygen atoms in total. The Kier molecular flexibility index (Phi) is 7.58. The highest BCUT2D eigenvalue weighted by molar-refractivity contribution is 6.47. The number of amides is 1. The van der Waals surface area contributed by atoms with Crippen LogP contribution in [0.3, 0.4) is 0 Å². The van der Waals surface area contributed by atoms with Crippen LogP contribution in [0.15, 0.2) is 52.9 Å². The average Bonchev–Trinajstić information content (AvgIpc) is 3.54. The van der Waals surface area contributed by atoms with E-state index >= 15 is 0 Å². The highest BCUT2D eigenvalue weighted by atomic mass is 19.1. The number of hydrazone groups is 1. The van der Waals surface area contributed by atoms with Gasteiger partial charge in [0.25, 0.3) is 0 Å². The highest BCUT2D eigenvalue weighted by Gasteiger charge is 2.40. The zero-order chi connectivity index (χ0) is 27.6.